The fourth-order valence-electron chi connectivity index (χ4n) is 5.29. The van der Waals surface area contributed by atoms with Crippen molar-refractivity contribution in [2.75, 3.05) is 0 Å². The van der Waals surface area contributed by atoms with Crippen molar-refractivity contribution in [1.82, 2.24) is 0 Å². The Bertz CT molecular complexity index is 725. The lowest BCUT2D eigenvalue weighted by Gasteiger charge is -2.31. The average Bonchev–Trinajstić information content (AvgIpc) is 3.06. The molecule has 1 saturated carbocycles. The quantitative estimate of drug-likeness (QED) is 0.318. The minimum atomic E-state index is -0.533. The number of epoxide rings is 1. The third kappa shape index (κ3) is 2.32. The summed E-state index contributed by atoms with van der Waals surface area (Å²) >= 11 is 0. The lowest BCUT2D eigenvalue weighted by atomic mass is 9.78. The van der Waals surface area contributed by atoms with Gasteiger partial charge in [0.2, 0.25) is 0 Å². The first-order valence-corrected chi connectivity index (χ1v) is 9.07. The van der Waals surface area contributed by atoms with Crippen LogP contribution in [0.25, 0.3) is 0 Å². The van der Waals surface area contributed by atoms with E-state index >= 15 is 0 Å². The highest BCUT2D eigenvalue weighted by atomic mass is 16.7. The molecule has 142 valence electrons. The molecule has 7 heteroatoms. The first-order valence-electron chi connectivity index (χ1n) is 9.07. The average molecular weight is 364 g/mol. The van der Waals surface area contributed by atoms with Crippen LogP contribution in [0.2, 0.25) is 0 Å². The zero-order valence-electron chi connectivity index (χ0n) is 15.6. The van der Waals surface area contributed by atoms with Gasteiger partial charge in [-0.1, -0.05) is 12.5 Å². The molecule has 8 atom stereocenters. The second-order valence-corrected chi connectivity index (χ2v) is 8.09. The molecule has 0 aromatic rings. The molecule has 8 unspecified atom stereocenters. The zero-order chi connectivity index (χ0) is 19.0. The molecule has 0 bridgehead atoms. The molecule has 0 N–H and O–H groups in total. The van der Waals surface area contributed by atoms with Gasteiger partial charge in [0.25, 0.3) is 0 Å². The van der Waals surface area contributed by atoms with Crippen LogP contribution in [0, 0.1) is 17.8 Å². The Kier molecular flexibility index (Phi) is 3.74. The zero-order valence-corrected chi connectivity index (χ0v) is 15.6. The molecular formula is C19H24O7. The minimum absolute atomic E-state index is 0.198. The highest BCUT2D eigenvalue weighted by molar-refractivity contribution is 5.76. The van der Waals surface area contributed by atoms with Crippen LogP contribution in [0.1, 0.15) is 41.0 Å². The molecule has 2 heterocycles. The predicted octanol–water partition coefficient (Wildman–Crippen LogP) is 1.53. The first-order chi connectivity index (χ1) is 12.1. The number of carbonyl (C=O) groups excluding carboxylic acids is 3. The Labute approximate surface area is 152 Å². The number of hydrogen-bond acceptors (Lipinski definition) is 7. The topological polar surface area (TPSA) is 91.4 Å². The summed E-state index contributed by atoms with van der Waals surface area (Å²) in [4.78, 5) is 35.6. The fourth-order valence-corrected chi connectivity index (χ4v) is 5.29. The second kappa shape index (κ2) is 5.55. The van der Waals surface area contributed by atoms with Crippen molar-refractivity contribution < 1.29 is 33.3 Å². The Balaban J connectivity index is 1.79. The normalized spacial score (nSPS) is 45.9. The minimum Gasteiger partial charge on any atom is -0.462 e. The van der Waals surface area contributed by atoms with Crippen molar-refractivity contribution in [3.63, 3.8) is 0 Å². The summed E-state index contributed by atoms with van der Waals surface area (Å²) in [6, 6.07) is 0. The van der Waals surface area contributed by atoms with Crippen LogP contribution in [0.15, 0.2) is 11.1 Å². The van der Waals surface area contributed by atoms with Gasteiger partial charge in [-0.2, -0.15) is 0 Å². The van der Waals surface area contributed by atoms with Crippen LogP contribution in [-0.4, -0.2) is 47.9 Å². The number of carbonyl (C=O) groups is 3. The molecule has 0 spiro atoms. The van der Waals surface area contributed by atoms with Gasteiger partial charge in [0.15, 0.2) is 6.10 Å². The van der Waals surface area contributed by atoms with Gasteiger partial charge in [-0.25, -0.2) is 0 Å². The van der Waals surface area contributed by atoms with Crippen LogP contribution < -0.4 is 0 Å². The molecule has 7 nitrogen and oxygen atoms in total. The number of ether oxygens (including phenoxy) is 4. The van der Waals surface area contributed by atoms with Crippen molar-refractivity contribution >= 4 is 17.9 Å². The summed E-state index contributed by atoms with van der Waals surface area (Å²) in [5.41, 5.74) is 1.45. The maximum absolute atomic E-state index is 12.3. The van der Waals surface area contributed by atoms with Gasteiger partial charge in [-0.3, -0.25) is 14.4 Å². The smallest absolute Gasteiger partial charge is 0.309 e. The van der Waals surface area contributed by atoms with Gasteiger partial charge in [0.1, 0.15) is 23.9 Å². The highest BCUT2D eigenvalue weighted by Gasteiger charge is 2.75. The Morgan fingerprint density at radius 2 is 1.85 bits per heavy atom. The number of esters is 3. The molecule has 0 radical (unpaired) electrons. The van der Waals surface area contributed by atoms with Gasteiger partial charge in [-0.15, -0.1) is 0 Å². The standard InChI is InChI=1S/C19H24O7/c1-7-6-11(23-9(3)20)13-8(2)18(22)25-15(13)14-12(7)16(24-10(4)21)17-19(14,5)26-17/h8,11,13-17H,6H2,1-5H3. The Morgan fingerprint density at radius 3 is 2.46 bits per heavy atom. The van der Waals surface area contributed by atoms with Gasteiger partial charge < -0.3 is 18.9 Å². The van der Waals surface area contributed by atoms with Crippen molar-refractivity contribution in [2.45, 2.75) is 71.1 Å². The van der Waals surface area contributed by atoms with Crippen molar-refractivity contribution in [2.24, 2.45) is 17.8 Å². The second-order valence-electron chi connectivity index (χ2n) is 8.09. The van der Waals surface area contributed by atoms with E-state index in [4.69, 9.17) is 18.9 Å². The van der Waals surface area contributed by atoms with E-state index in [0.29, 0.717) is 6.42 Å². The van der Waals surface area contributed by atoms with Crippen molar-refractivity contribution in [3.8, 4) is 0 Å². The maximum atomic E-state index is 12.3. The molecule has 0 aromatic carbocycles. The van der Waals surface area contributed by atoms with E-state index in [1.807, 2.05) is 20.8 Å². The van der Waals surface area contributed by atoms with Gasteiger partial charge in [0, 0.05) is 26.2 Å². The molecule has 0 aromatic heterocycles. The van der Waals surface area contributed by atoms with E-state index in [9.17, 15) is 14.4 Å². The summed E-state index contributed by atoms with van der Waals surface area (Å²) in [7, 11) is 0. The monoisotopic (exact) mass is 364 g/mol. The first kappa shape index (κ1) is 17.5. The Hall–Kier alpha value is -1.89. The fraction of sp³-hybridized carbons (Fsp3) is 0.737. The van der Waals surface area contributed by atoms with Crippen LogP contribution in [-0.2, 0) is 33.3 Å². The molecule has 2 aliphatic carbocycles. The predicted molar refractivity (Wildman–Crippen MR) is 87.7 cm³/mol. The molecule has 0 amide bonds. The maximum Gasteiger partial charge on any atom is 0.309 e. The molecule has 26 heavy (non-hydrogen) atoms. The SMILES string of the molecule is CC(=O)OC1CC(C)=C2C(OC(C)=O)C3OC3(C)C2C2OC(=O)C(C)C12. The Morgan fingerprint density at radius 1 is 1.19 bits per heavy atom. The highest BCUT2D eigenvalue weighted by Crippen LogP contribution is 2.63. The van der Waals surface area contributed by atoms with E-state index in [0.717, 1.165) is 11.1 Å². The summed E-state index contributed by atoms with van der Waals surface area (Å²) in [5.74, 6) is -1.85. The number of rotatable bonds is 2. The number of hydrogen-bond donors (Lipinski definition) is 0. The molecule has 4 rings (SSSR count). The molecule has 2 saturated heterocycles. The van der Waals surface area contributed by atoms with Crippen LogP contribution in [0.5, 0.6) is 0 Å². The van der Waals surface area contributed by atoms with E-state index in [-0.39, 0.29) is 41.8 Å². The lowest BCUT2D eigenvalue weighted by molar-refractivity contribution is -0.152. The van der Waals surface area contributed by atoms with Gasteiger partial charge in [-0.05, 0) is 19.4 Å². The molecular weight excluding hydrogens is 340 g/mol. The molecule has 4 aliphatic rings. The van der Waals surface area contributed by atoms with Gasteiger partial charge >= 0.3 is 17.9 Å². The van der Waals surface area contributed by atoms with Crippen molar-refractivity contribution in [3.05, 3.63) is 11.1 Å². The van der Waals surface area contributed by atoms with E-state index in [1.54, 1.807) is 0 Å². The summed E-state index contributed by atoms with van der Waals surface area (Å²) in [5, 5.41) is 0. The molecule has 2 aliphatic heterocycles. The lowest BCUT2D eigenvalue weighted by Crippen LogP contribution is -2.41. The molecule has 3 fully saturated rings. The summed E-state index contributed by atoms with van der Waals surface area (Å²) in [6.45, 7) is 8.50. The third-order valence-electron chi connectivity index (χ3n) is 6.37. The van der Waals surface area contributed by atoms with Crippen molar-refractivity contribution in [1.29, 1.82) is 0 Å². The summed E-state index contributed by atoms with van der Waals surface area (Å²) < 4.78 is 22.8. The van der Waals surface area contributed by atoms with E-state index in [2.05, 4.69) is 0 Å². The third-order valence-corrected chi connectivity index (χ3v) is 6.37. The van der Waals surface area contributed by atoms with E-state index in [1.165, 1.54) is 13.8 Å². The van der Waals surface area contributed by atoms with Crippen LogP contribution >= 0.6 is 0 Å². The van der Waals surface area contributed by atoms with E-state index < -0.39 is 23.9 Å². The van der Waals surface area contributed by atoms with Crippen LogP contribution in [0.3, 0.4) is 0 Å². The van der Waals surface area contributed by atoms with Gasteiger partial charge in [0.05, 0.1) is 11.8 Å². The number of fused-ring (bicyclic) bond motifs is 5. The van der Waals surface area contributed by atoms with Crippen LogP contribution in [0.4, 0.5) is 0 Å². The summed E-state index contributed by atoms with van der Waals surface area (Å²) in [6.07, 6.45) is -1.11. The largest absolute Gasteiger partial charge is 0.462 e.